The molecular formula is C17H17BrN2O3. The summed E-state index contributed by atoms with van der Waals surface area (Å²) in [6, 6.07) is 9.08. The Morgan fingerprint density at radius 3 is 3.13 bits per heavy atom. The van der Waals surface area contributed by atoms with Gasteiger partial charge in [0.2, 0.25) is 5.88 Å². The maximum atomic E-state index is 12.5. The number of halogens is 1. The molecule has 1 N–H and O–H groups in total. The lowest BCUT2D eigenvalue weighted by Gasteiger charge is -2.27. The molecule has 1 aliphatic heterocycles. The van der Waals surface area contributed by atoms with Crippen molar-refractivity contribution in [1.29, 1.82) is 0 Å². The Balaban J connectivity index is 1.79. The molecule has 3 rings (SSSR count). The molecule has 0 saturated heterocycles. The molecule has 0 spiro atoms. The summed E-state index contributed by atoms with van der Waals surface area (Å²) < 4.78 is 11.9. The van der Waals surface area contributed by atoms with Gasteiger partial charge in [0.05, 0.1) is 19.3 Å². The Labute approximate surface area is 143 Å². The Hall–Kier alpha value is -2.08. The van der Waals surface area contributed by atoms with Gasteiger partial charge in [-0.25, -0.2) is 4.98 Å². The van der Waals surface area contributed by atoms with E-state index in [1.165, 1.54) is 0 Å². The zero-order valence-corrected chi connectivity index (χ0v) is 14.3. The van der Waals surface area contributed by atoms with E-state index in [0.29, 0.717) is 24.7 Å². The minimum absolute atomic E-state index is 0.0764. The first-order chi connectivity index (χ1) is 11.2. The van der Waals surface area contributed by atoms with Crippen LogP contribution in [0.3, 0.4) is 0 Å². The molecule has 1 amide bonds. The molecule has 0 saturated carbocycles. The molecule has 6 heteroatoms. The second-order valence-corrected chi connectivity index (χ2v) is 6.08. The van der Waals surface area contributed by atoms with Crippen molar-refractivity contribution in [2.45, 2.75) is 19.4 Å². The fourth-order valence-corrected chi connectivity index (χ4v) is 2.91. The molecule has 2 heterocycles. The van der Waals surface area contributed by atoms with Crippen molar-refractivity contribution >= 4 is 21.8 Å². The number of pyridine rings is 1. The average Bonchev–Trinajstić information content (AvgIpc) is 2.56. The predicted molar refractivity (Wildman–Crippen MR) is 89.9 cm³/mol. The molecule has 1 aromatic heterocycles. The number of amides is 1. The Bertz CT molecular complexity index is 721. The van der Waals surface area contributed by atoms with Gasteiger partial charge in [0.1, 0.15) is 5.75 Å². The highest BCUT2D eigenvalue weighted by Crippen LogP contribution is 2.34. The van der Waals surface area contributed by atoms with Crippen molar-refractivity contribution in [1.82, 2.24) is 10.3 Å². The number of nitrogens with zero attached hydrogens (tertiary/aromatic N) is 1. The summed E-state index contributed by atoms with van der Waals surface area (Å²) in [5.41, 5.74) is 1.52. The van der Waals surface area contributed by atoms with Crippen molar-refractivity contribution in [3.05, 3.63) is 52.1 Å². The second-order valence-electron chi connectivity index (χ2n) is 5.16. The van der Waals surface area contributed by atoms with Crippen LogP contribution in [0.15, 0.2) is 41.0 Å². The zero-order valence-electron chi connectivity index (χ0n) is 12.7. The van der Waals surface area contributed by atoms with Crippen LogP contribution >= 0.6 is 15.9 Å². The molecule has 1 aromatic carbocycles. The topological polar surface area (TPSA) is 60.5 Å². The first-order valence-corrected chi connectivity index (χ1v) is 8.28. The van der Waals surface area contributed by atoms with Crippen LogP contribution in [0, 0.1) is 0 Å². The van der Waals surface area contributed by atoms with Gasteiger partial charge in [-0.05, 0) is 31.2 Å². The monoisotopic (exact) mass is 376 g/mol. The van der Waals surface area contributed by atoms with Crippen LogP contribution in [-0.2, 0) is 0 Å². The quantitative estimate of drug-likeness (QED) is 0.886. The van der Waals surface area contributed by atoms with E-state index in [1.807, 2.05) is 25.1 Å². The van der Waals surface area contributed by atoms with Gasteiger partial charge < -0.3 is 14.8 Å². The second kappa shape index (κ2) is 7.00. The normalized spacial score (nSPS) is 16.2. The number of nitrogens with one attached hydrogen (secondary N) is 1. The standard InChI is InChI=1S/C17H17BrN2O3/c1-2-22-16-9-11(5-7-19-16)17(21)20-14-6-8-23-15-4-3-12(18)10-13(14)15/h3-5,7,9-10,14H,2,6,8H2,1H3,(H,20,21). The summed E-state index contributed by atoms with van der Waals surface area (Å²) in [6.45, 7) is 2.98. The van der Waals surface area contributed by atoms with Crippen molar-refractivity contribution in [2.75, 3.05) is 13.2 Å². The summed E-state index contributed by atoms with van der Waals surface area (Å²) >= 11 is 3.46. The molecule has 120 valence electrons. The first kappa shape index (κ1) is 15.8. The SMILES string of the molecule is CCOc1cc(C(=O)NC2CCOc3ccc(Br)cc32)ccn1. The third-order valence-corrected chi connectivity index (χ3v) is 4.10. The molecule has 5 nitrogen and oxygen atoms in total. The van der Waals surface area contributed by atoms with Crippen LogP contribution < -0.4 is 14.8 Å². The van der Waals surface area contributed by atoms with Crippen molar-refractivity contribution < 1.29 is 14.3 Å². The lowest BCUT2D eigenvalue weighted by Crippen LogP contribution is -2.32. The third-order valence-electron chi connectivity index (χ3n) is 3.61. The first-order valence-electron chi connectivity index (χ1n) is 7.49. The van der Waals surface area contributed by atoms with Crippen molar-refractivity contribution in [3.63, 3.8) is 0 Å². The molecule has 1 aliphatic rings. The predicted octanol–water partition coefficient (Wildman–Crippen LogP) is 3.50. The zero-order chi connectivity index (χ0) is 16.2. The van der Waals surface area contributed by atoms with E-state index in [-0.39, 0.29) is 11.9 Å². The van der Waals surface area contributed by atoms with Gasteiger partial charge in [0.25, 0.3) is 5.91 Å². The smallest absolute Gasteiger partial charge is 0.252 e. The fourth-order valence-electron chi connectivity index (χ4n) is 2.53. The van der Waals surface area contributed by atoms with Crippen LogP contribution in [0.25, 0.3) is 0 Å². The van der Waals surface area contributed by atoms with Gasteiger partial charge in [-0.2, -0.15) is 0 Å². The number of hydrogen-bond donors (Lipinski definition) is 1. The van der Waals surface area contributed by atoms with Crippen LogP contribution in [-0.4, -0.2) is 24.1 Å². The fraction of sp³-hybridized carbons (Fsp3) is 0.294. The maximum absolute atomic E-state index is 12.5. The molecule has 0 aliphatic carbocycles. The number of carbonyl (C=O) groups is 1. The molecule has 1 atom stereocenters. The van der Waals surface area contributed by atoms with Crippen LogP contribution in [0.4, 0.5) is 0 Å². The summed E-state index contributed by atoms with van der Waals surface area (Å²) in [7, 11) is 0. The van der Waals surface area contributed by atoms with Crippen LogP contribution in [0.5, 0.6) is 11.6 Å². The highest BCUT2D eigenvalue weighted by molar-refractivity contribution is 9.10. The molecule has 2 aromatic rings. The van der Waals surface area contributed by atoms with Gasteiger partial charge in [-0.1, -0.05) is 15.9 Å². The van der Waals surface area contributed by atoms with E-state index < -0.39 is 0 Å². The summed E-state index contributed by atoms with van der Waals surface area (Å²) in [5, 5.41) is 3.06. The number of carbonyl (C=O) groups excluding carboxylic acids is 1. The summed E-state index contributed by atoms with van der Waals surface area (Å²) in [6.07, 6.45) is 2.31. The van der Waals surface area contributed by atoms with Crippen LogP contribution in [0.1, 0.15) is 35.3 Å². The lowest BCUT2D eigenvalue weighted by molar-refractivity contribution is 0.0924. The Morgan fingerprint density at radius 1 is 1.43 bits per heavy atom. The third kappa shape index (κ3) is 3.64. The van der Waals surface area contributed by atoms with Gasteiger partial charge in [0.15, 0.2) is 0 Å². The lowest BCUT2D eigenvalue weighted by atomic mass is 10.0. The van der Waals surface area contributed by atoms with Gasteiger partial charge >= 0.3 is 0 Å². The number of ether oxygens (including phenoxy) is 2. The van der Waals surface area contributed by atoms with Crippen LogP contribution in [0.2, 0.25) is 0 Å². The summed E-state index contributed by atoms with van der Waals surface area (Å²) in [4.78, 5) is 16.6. The number of rotatable bonds is 4. The van der Waals surface area contributed by atoms with E-state index >= 15 is 0 Å². The van der Waals surface area contributed by atoms with Gasteiger partial charge in [-0.3, -0.25) is 4.79 Å². The highest BCUT2D eigenvalue weighted by atomic mass is 79.9. The van der Waals surface area contributed by atoms with Crippen molar-refractivity contribution in [2.24, 2.45) is 0 Å². The average molecular weight is 377 g/mol. The maximum Gasteiger partial charge on any atom is 0.252 e. The summed E-state index contributed by atoms with van der Waals surface area (Å²) in [5.74, 6) is 1.12. The number of hydrogen-bond acceptors (Lipinski definition) is 4. The molecule has 0 radical (unpaired) electrons. The van der Waals surface area contributed by atoms with Crippen molar-refractivity contribution in [3.8, 4) is 11.6 Å². The van der Waals surface area contributed by atoms with E-state index in [4.69, 9.17) is 9.47 Å². The van der Waals surface area contributed by atoms with Gasteiger partial charge in [-0.15, -0.1) is 0 Å². The minimum Gasteiger partial charge on any atom is -0.493 e. The molecule has 1 unspecified atom stereocenters. The minimum atomic E-state index is -0.147. The molecule has 23 heavy (non-hydrogen) atoms. The highest BCUT2D eigenvalue weighted by Gasteiger charge is 2.24. The molecular weight excluding hydrogens is 360 g/mol. The number of fused-ring (bicyclic) bond motifs is 1. The number of benzene rings is 1. The molecule has 0 fully saturated rings. The van der Waals surface area contributed by atoms with Gasteiger partial charge in [0, 0.05) is 34.3 Å². The van der Waals surface area contributed by atoms with E-state index in [2.05, 4.69) is 26.2 Å². The Kier molecular flexibility index (Phi) is 4.81. The molecule has 0 bridgehead atoms. The van der Waals surface area contributed by atoms with E-state index in [9.17, 15) is 4.79 Å². The Morgan fingerprint density at radius 2 is 2.30 bits per heavy atom. The van der Waals surface area contributed by atoms with E-state index in [0.717, 1.165) is 22.2 Å². The van der Waals surface area contributed by atoms with E-state index in [1.54, 1.807) is 18.3 Å². The largest absolute Gasteiger partial charge is 0.493 e. The number of aromatic nitrogens is 1.